The normalized spacial score (nSPS) is 15.4. The molecular weight excluding hydrogens is 442 g/mol. The van der Waals surface area contributed by atoms with E-state index in [1.807, 2.05) is 37.3 Å². The first-order valence-electron chi connectivity index (χ1n) is 13.5. The van der Waals surface area contributed by atoms with Gasteiger partial charge in [-0.3, -0.25) is 9.69 Å². The minimum absolute atomic E-state index is 0.0518. The van der Waals surface area contributed by atoms with Crippen LogP contribution in [0.5, 0.6) is 0 Å². The Morgan fingerprint density at radius 3 is 2.33 bits per heavy atom. The van der Waals surface area contributed by atoms with Crippen molar-refractivity contribution in [2.75, 3.05) is 13.2 Å². The van der Waals surface area contributed by atoms with E-state index < -0.39 is 0 Å². The number of carbonyl (C=O) groups is 1. The summed E-state index contributed by atoms with van der Waals surface area (Å²) < 4.78 is 5.43. The third-order valence-electron chi connectivity index (χ3n) is 6.71. The molecule has 2 atom stereocenters. The van der Waals surface area contributed by atoms with Gasteiger partial charge in [0.05, 0.1) is 25.2 Å². The molecule has 3 rings (SSSR count). The Bertz CT molecular complexity index is 1080. The Kier molecular flexibility index (Phi) is 11.1. The fourth-order valence-corrected chi connectivity index (χ4v) is 4.97. The molecule has 3 nitrogen and oxygen atoms in total. The Morgan fingerprint density at radius 1 is 0.972 bits per heavy atom. The van der Waals surface area contributed by atoms with Crippen LogP contribution < -0.4 is 0 Å². The highest BCUT2D eigenvalue weighted by atomic mass is 16.5. The van der Waals surface area contributed by atoms with Gasteiger partial charge >= 0.3 is 5.97 Å². The average molecular weight is 484 g/mol. The van der Waals surface area contributed by atoms with Crippen molar-refractivity contribution in [2.24, 2.45) is 11.8 Å². The van der Waals surface area contributed by atoms with E-state index in [1.54, 1.807) is 0 Å². The van der Waals surface area contributed by atoms with Crippen molar-refractivity contribution in [3.05, 3.63) is 71.3 Å². The minimum Gasteiger partial charge on any atom is -0.465 e. The number of aryl methyl sites for hydroxylation is 1. The molecule has 0 N–H and O–H groups in total. The molecule has 0 heterocycles. The quantitative estimate of drug-likeness (QED) is 0.312. The highest BCUT2D eigenvalue weighted by Gasteiger charge is 2.33. The molecule has 0 saturated heterocycles. The maximum absolute atomic E-state index is 12.9. The summed E-state index contributed by atoms with van der Waals surface area (Å²) in [6, 6.07) is 18.3. The summed E-state index contributed by atoms with van der Waals surface area (Å²) >= 11 is 0. The van der Waals surface area contributed by atoms with Crippen LogP contribution in [0.1, 0.15) is 76.0 Å². The zero-order chi connectivity index (χ0) is 25.8. The highest BCUT2D eigenvalue weighted by molar-refractivity contribution is 5.72. The Hall–Kier alpha value is -3.01. The zero-order valence-electron chi connectivity index (χ0n) is 22.4. The van der Waals surface area contributed by atoms with E-state index in [1.165, 1.54) is 24.8 Å². The molecule has 1 saturated carbocycles. The number of hydrogen-bond acceptors (Lipinski definition) is 3. The first kappa shape index (κ1) is 27.6. The number of esters is 1. The fraction of sp³-hybridized carbons (Fsp3) is 0.485. The van der Waals surface area contributed by atoms with Gasteiger partial charge in [0.1, 0.15) is 0 Å². The molecule has 0 amide bonds. The van der Waals surface area contributed by atoms with Crippen LogP contribution in [0, 0.1) is 42.4 Å². The molecule has 0 aliphatic heterocycles. The van der Waals surface area contributed by atoms with Gasteiger partial charge in [-0.05, 0) is 74.8 Å². The van der Waals surface area contributed by atoms with Crippen LogP contribution in [0.3, 0.4) is 0 Å². The van der Waals surface area contributed by atoms with Crippen molar-refractivity contribution in [1.82, 2.24) is 4.90 Å². The Morgan fingerprint density at radius 2 is 1.67 bits per heavy atom. The molecule has 190 valence electrons. The van der Waals surface area contributed by atoms with Gasteiger partial charge < -0.3 is 4.74 Å². The molecule has 0 spiro atoms. The molecule has 36 heavy (non-hydrogen) atoms. The third kappa shape index (κ3) is 8.89. The lowest BCUT2D eigenvalue weighted by atomic mass is 9.82. The first-order valence-corrected chi connectivity index (χ1v) is 13.5. The number of benzene rings is 2. The Balaban J connectivity index is 2.05. The molecule has 1 aliphatic carbocycles. The number of rotatable bonds is 8. The van der Waals surface area contributed by atoms with E-state index in [-0.39, 0.29) is 24.6 Å². The van der Waals surface area contributed by atoms with Crippen LogP contribution in [-0.4, -0.2) is 36.1 Å². The van der Waals surface area contributed by atoms with Crippen LogP contribution in [0.15, 0.2) is 54.6 Å². The van der Waals surface area contributed by atoms with E-state index in [9.17, 15) is 4.79 Å². The maximum Gasteiger partial charge on any atom is 0.320 e. The maximum atomic E-state index is 12.9. The van der Waals surface area contributed by atoms with Crippen molar-refractivity contribution in [1.29, 1.82) is 0 Å². The second kappa shape index (κ2) is 14.5. The summed E-state index contributed by atoms with van der Waals surface area (Å²) in [7, 11) is 0. The summed E-state index contributed by atoms with van der Waals surface area (Å²) in [4.78, 5) is 15.1. The number of nitrogens with zero attached hydrogens (tertiary/aromatic N) is 1. The van der Waals surface area contributed by atoms with E-state index in [4.69, 9.17) is 4.74 Å². The smallest absolute Gasteiger partial charge is 0.320 e. The van der Waals surface area contributed by atoms with Crippen LogP contribution in [0.2, 0.25) is 0 Å². The summed E-state index contributed by atoms with van der Waals surface area (Å²) in [5.41, 5.74) is 3.20. The highest BCUT2D eigenvalue weighted by Crippen LogP contribution is 2.31. The second-order valence-electron chi connectivity index (χ2n) is 10.2. The molecule has 0 radical (unpaired) electrons. The van der Waals surface area contributed by atoms with Crippen molar-refractivity contribution < 1.29 is 9.53 Å². The lowest BCUT2D eigenvalue weighted by Gasteiger charge is -2.38. The molecule has 0 aromatic heterocycles. The first-order chi connectivity index (χ1) is 17.5. The second-order valence-corrected chi connectivity index (χ2v) is 10.2. The molecule has 2 aromatic rings. The molecular formula is C33H41NO2. The van der Waals surface area contributed by atoms with Crippen molar-refractivity contribution in [3.63, 3.8) is 0 Å². The van der Waals surface area contributed by atoms with Crippen LogP contribution in [0.25, 0.3) is 0 Å². The monoisotopic (exact) mass is 483 g/mol. The van der Waals surface area contributed by atoms with Crippen LogP contribution in [0.4, 0.5) is 0 Å². The van der Waals surface area contributed by atoms with Gasteiger partial charge in [0.15, 0.2) is 0 Å². The molecule has 0 bridgehead atoms. The number of carbonyl (C=O) groups excluding carboxylic acids is 1. The molecule has 2 unspecified atom stereocenters. The van der Waals surface area contributed by atoms with Gasteiger partial charge in [0.2, 0.25) is 0 Å². The van der Waals surface area contributed by atoms with Crippen LogP contribution >= 0.6 is 0 Å². The summed E-state index contributed by atoms with van der Waals surface area (Å²) in [5, 5.41) is 0. The average Bonchev–Trinajstić information content (AvgIpc) is 2.87. The van der Waals surface area contributed by atoms with Gasteiger partial charge in [0, 0.05) is 11.1 Å². The van der Waals surface area contributed by atoms with Gasteiger partial charge in [-0.15, -0.1) is 0 Å². The topological polar surface area (TPSA) is 29.5 Å². The predicted molar refractivity (Wildman–Crippen MR) is 148 cm³/mol. The SMILES string of the molecule is CCOC(=O)CN(C(C#Cc1ccccc1)CC(C)C)C(C#Cc1cccc(C)c1)C1CCCCC1. The molecule has 1 aliphatic rings. The van der Waals surface area contributed by atoms with Crippen molar-refractivity contribution in [3.8, 4) is 23.7 Å². The standard InChI is InChI=1S/C33H41NO2/c1-5-36-33(35)25-34(31(23-26(2)3)21-19-28-14-8-6-9-15-28)32(30-17-10-7-11-18-30)22-20-29-16-12-13-27(4)24-29/h6,8-9,12-16,24,26,30-32H,5,7,10-11,17-18,23,25H2,1-4H3. The van der Waals surface area contributed by atoms with E-state index in [2.05, 4.69) is 73.6 Å². The summed E-state index contributed by atoms with van der Waals surface area (Å²) in [5.74, 6) is 14.7. The lowest BCUT2D eigenvalue weighted by Crippen LogP contribution is -2.49. The molecule has 3 heteroatoms. The number of ether oxygens (including phenoxy) is 1. The van der Waals surface area contributed by atoms with Crippen molar-refractivity contribution in [2.45, 2.75) is 78.3 Å². The minimum atomic E-state index is -0.203. The van der Waals surface area contributed by atoms with E-state index >= 15 is 0 Å². The fourth-order valence-electron chi connectivity index (χ4n) is 4.97. The van der Waals surface area contributed by atoms with Gasteiger partial charge in [-0.25, -0.2) is 0 Å². The number of hydrogen-bond donors (Lipinski definition) is 0. The Labute approximate surface area is 218 Å². The van der Waals surface area contributed by atoms with E-state index in [0.717, 1.165) is 30.4 Å². The van der Waals surface area contributed by atoms with E-state index in [0.29, 0.717) is 18.4 Å². The van der Waals surface area contributed by atoms with Gasteiger partial charge in [-0.2, -0.15) is 0 Å². The summed E-state index contributed by atoms with van der Waals surface area (Å²) in [6.07, 6.45) is 6.83. The lowest BCUT2D eigenvalue weighted by molar-refractivity contribution is -0.145. The third-order valence-corrected chi connectivity index (χ3v) is 6.71. The molecule has 1 fully saturated rings. The van der Waals surface area contributed by atoms with Gasteiger partial charge in [0.25, 0.3) is 0 Å². The largest absolute Gasteiger partial charge is 0.465 e. The zero-order valence-corrected chi connectivity index (χ0v) is 22.4. The van der Waals surface area contributed by atoms with Gasteiger partial charge in [-0.1, -0.05) is 87.1 Å². The molecule has 2 aromatic carbocycles. The van der Waals surface area contributed by atoms with Crippen LogP contribution in [-0.2, 0) is 9.53 Å². The van der Waals surface area contributed by atoms with Crippen molar-refractivity contribution >= 4 is 5.97 Å². The predicted octanol–water partition coefficient (Wildman–Crippen LogP) is 6.63. The summed E-state index contributed by atoms with van der Waals surface area (Å²) in [6.45, 7) is 8.97.